The third-order valence-corrected chi connectivity index (χ3v) is 2.71. The first-order valence-corrected chi connectivity index (χ1v) is 5.83. The van der Waals surface area contributed by atoms with Gasteiger partial charge in [-0.05, 0) is 11.6 Å². The van der Waals surface area contributed by atoms with Crippen LogP contribution in [-0.4, -0.2) is 15.0 Å². The predicted molar refractivity (Wildman–Crippen MR) is 69.8 cm³/mol. The van der Waals surface area contributed by atoms with E-state index in [-0.39, 0.29) is 0 Å². The van der Waals surface area contributed by atoms with Gasteiger partial charge in [0, 0.05) is 5.56 Å². The lowest BCUT2D eigenvalue weighted by atomic mass is 10.2. The van der Waals surface area contributed by atoms with E-state index in [0.717, 1.165) is 17.8 Å². The van der Waals surface area contributed by atoms with Crippen LogP contribution in [0.1, 0.15) is 5.56 Å². The minimum Gasteiger partial charge on any atom is -0.247 e. The van der Waals surface area contributed by atoms with Crippen molar-refractivity contribution in [1.29, 1.82) is 0 Å². The molecule has 0 N–H and O–H groups in total. The maximum atomic E-state index is 4.16. The summed E-state index contributed by atoms with van der Waals surface area (Å²) in [7, 11) is 0. The monoisotopic (exact) mass is 234 g/mol. The first kappa shape index (κ1) is 10.7. The quantitative estimate of drug-likeness (QED) is 0.697. The minimum atomic E-state index is 0.737. The van der Waals surface area contributed by atoms with Crippen LogP contribution in [0.2, 0.25) is 0 Å². The van der Waals surface area contributed by atoms with Gasteiger partial charge in [0.2, 0.25) is 0 Å². The van der Waals surface area contributed by atoms with Gasteiger partial charge in [-0.3, -0.25) is 0 Å². The fraction of sp³-hybridized carbons (Fsp3) is 0.0667. The third-order valence-electron chi connectivity index (χ3n) is 2.71. The summed E-state index contributed by atoms with van der Waals surface area (Å²) >= 11 is 0. The molecular formula is C15H12N3. The van der Waals surface area contributed by atoms with Crippen molar-refractivity contribution in [2.75, 3.05) is 0 Å². The lowest BCUT2D eigenvalue weighted by Gasteiger charge is -1.99. The standard InChI is InChI=1S/C15H12N3/c1-3-7-13(8-4-1)11-18-12-15(16-17-18)14-9-5-2-6-10-14/h1-9,12H,11H2. The molecular weight excluding hydrogens is 222 g/mol. The Balaban J connectivity index is 1.82. The lowest BCUT2D eigenvalue weighted by molar-refractivity contribution is 0.650. The van der Waals surface area contributed by atoms with Crippen molar-refractivity contribution < 1.29 is 0 Å². The zero-order valence-corrected chi connectivity index (χ0v) is 9.82. The topological polar surface area (TPSA) is 30.7 Å². The molecule has 0 unspecified atom stereocenters. The Morgan fingerprint density at radius 3 is 2.61 bits per heavy atom. The summed E-state index contributed by atoms with van der Waals surface area (Å²) in [5.74, 6) is 0. The molecule has 0 aliphatic carbocycles. The Bertz CT molecular complexity index is 615. The minimum absolute atomic E-state index is 0.737. The van der Waals surface area contributed by atoms with Crippen LogP contribution in [0.15, 0.2) is 60.8 Å². The Morgan fingerprint density at radius 2 is 1.83 bits per heavy atom. The van der Waals surface area contributed by atoms with Crippen LogP contribution in [0, 0.1) is 6.07 Å². The normalized spacial score (nSPS) is 10.4. The molecule has 3 heteroatoms. The van der Waals surface area contributed by atoms with E-state index in [1.807, 2.05) is 53.3 Å². The van der Waals surface area contributed by atoms with Gasteiger partial charge >= 0.3 is 0 Å². The van der Waals surface area contributed by atoms with Crippen LogP contribution in [0.5, 0.6) is 0 Å². The molecule has 1 aromatic heterocycles. The summed E-state index contributed by atoms with van der Waals surface area (Å²) in [5.41, 5.74) is 3.04. The van der Waals surface area contributed by atoms with E-state index in [2.05, 4.69) is 28.5 Å². The van der Waals surface area contributed by atoms with Crippen molar-refractivity contribution in [3.63, 3.8) is 0 Å². The van der Waals surface area contributed by atoms with Crippen molar-refractivity contribution in [2.24, 2.45) is 0 Å². The molecule has 0 saturated carbocycles. The summed E-state index contributed by atoms with van der Waals surface area (Å²) in [5, 5.41) is 8.30. The number of hydrogen-bond donors (Lipinski definition) is 0. The molecule has 87 valence electrons. The van der Waals surface area contributed by atoms with Crippen LogP contribution in [0.25, 0.3) is 11.3 Å². The molecule has 0 spiro atoms. The predicted octanol–water partition coefficient (Wildman–Crippen LogP) is 2.79. The van der Waals surface area contributed by atoms with Gasteiger partial charge < -0.3 is 0 Å². The second-order valence-electron chi connectivity index (χ2n) is 4.06. The zero-order chi connectivity index (χ0) is 12.2. The van der Waals surface area contributed by atoms with Gasteiger partial charge in [-0.1, -0.05) is 59.8 Å². The SMILES string of the molecule is [c]1ccccc1-c1cn(Cc2ccccc2)nn1. The lowest BCUT2D eigenvalue weighted by Crippen LogP contribution is -1.99. The fourth-order valence-electron chi connectivity index (χ4n) is 1.82. The largest absolute Gasteiger partial charge is 0.247 e. The molecule has 1 radical (unpaired) electrons. The van der Waals surface area contributed by atoms with Crippen LogP contribution < -0.4 is 0 Å². The molecule has 0 saturated heterocycles. The molecule has 3 aromatic rings. The first-order valence-electron chi connectivity index (χ1n) is 5.83. The van der Waals surface area contributed by atoms with Gasteiger partial charge in [0.15, 0.2) is 0 Å². The summed E-state index contributed by atoms with van der Waals surface area (Å²) in [6.45, 7) is 0.737. The average Bonchev–Trinajstić information content (AvgIpc) is 2.89. The molecule has 0 atom stereocenters. The van der Waals surface area contributed by atoms with E-state index in [9.17, 15) is 0 Å². The molecule has 3 rings (SSSR count). The van der Waals surface area contributed by atoms with E-state index in [1.165, 1.54) is 5.56 Å². The highest BCUT2D eigenvalue weighted by molar-refractivity contribution is 5.56. The molecule has 18 heavy (non-hydrogen) atoms. The van der Waals surface area contributed by atoms with E-state index >= 15 is 0 Å². The maximum absolute atomic E-state index is 4.16. The van der Waals surface area contributed by atoms with Crippen molar-refractivity contribution in [1.82, 2.24) is 15.0 Å². The number of nitrogens with zero attached hydrogens (tertiary/aromatic N) is 3. The smallest absolute Gasteiger partial charge is 0.113 e. The van der Waals surface area contributed by atoms with Gasteiger partial charge in [0.25, 0.3) is 0 Å². The highest BCUT2D eigenvalue weighted by atomic mass is 15.4. The van der Waals surface area contributed by atoms with Gasteiger partial charge in [0.05, 0.1) is 12.7 Å². The highest BCUT2D eigenvalue weighted by Crippen LogP contribution is 2.14. The van der Waals surface area contributed by atoms with Crippen molar-refractivity contribution in [3.05, 3.63) is 72.4 Å². The summed E-state index contributed by atoms with van der Waals surface area (Å²) in [6.07, 6.45) is 1.94. The Kier molecular flexibility index (Phi) is 2.88. The summed E-state index contributed by atoms with van der Waals surface area (Å²) in [4.78, 5) is 0. The highest BCUT2D eigenvalue weighted by Gasteiger charge is 2.03. The molecule has 3 nitrogen and oxygen atoms in total. The third kappa shape index (κ3) is 2.30. The van der Waals surface area contributed by atoms with Crippen molar-refractivity contribution in [2.45, 2.75) is 6.54 Å². The van der Waals surface area contributed by atoms with Crippen LogP contribution >= 0.6 is 0 Å². The van der Waals surface area contributed by atoms with Crippen molar-refractivity contribution in [3.8, 4) is 11.3 Å². The van der Waals surface area contributed by atoms with Gasteiger partial charge in [-0.2, -0.15) is 0 Å². The number of hydrogen-bond acceptors (Lipinski definition) is 2. The molecule has 2 aromatic carbocycles. The summed E-state index contributed by atoms with van der Waals surface area (Å²) < 4.78 is 1.84. The van der Waals surface area contributed by atoms with Gasteiger partial charge in [0.1, 0.15) is 5.69 Å². The molecule has 0 aliphatic heterocycles. The van der Waals surface area contributed by atoms with E-state index in [0.29, 0.717) is 0 Å². The van der Waals surface area contributed by atoms with Crippen LogP contribution in [0.3, 0.4) is 0 Å². The molecule has 0 fully saturated rings. The zero-order valence-electron chi connectivity index (χ0n) is 9.82. The van der Waals surface area contributed by atoms with Crippen LogP contribution in [0.4, 0.5) is 0 Å². The second-order valence-corrected chi connectivity index (χ2v) is 4.06. The van der Waals surface area contributed by atoms with E-state index in [4.69, 9.17) is 0 Å². The maximum Gasteiger partial charge on any atom is 0.113 e. The number of benzene rings is 2. The molecule has 0 aliphatic rings. The molecule has 0 amide bonds. The van der Waals surface area contributed by atoms with Gasteiger partial charge in [-0.25, -0.2) is 4.68 Å². The van der Waals surface area contributed by atoms with E-state index in [1.54, 1.807) is 0 Å². The Labute approximate surface area is 106 Å². The fourth-order valence-corrected chi connectivity index (χ4v) is 1.82. The molecule has 1 heterocycles. The van der Waals surface area contributed by atoms with E-state index < -0.39 is 0 Å². The number of rotatable bonds is 3. The van der Waals surface area contributed by atoms with Gasteiger partial charge in [-0.15, -0.1) is 5.10 Å². The van der Waals surface area contributed by atoms with Crippen molar-refractivity contribution >= 4 is 0 Å². The average molecular weight is 234 g/mol. The molecule has 0 bridgehead atoms. The second kappa shape index (κ2) is 4.84. The number of aromatic nitrogens is 3. The first-order chi connectivity index (χ1) is 8.92. The Hall–Kier alpha value is -2.42. The van der Waals surface area contributed by atoms with Crippen LogP contribution in [-0.2, 0) is 6.54 Å². The summed E-state index contributed by atoms with van der Waals surface area (Å²) in [6, 6.07) is 21.1. The Morgan fingerprint density at radius 1 is 1.00 bits per heavy atom.